The topological polar surface area (TPSA) is 97.0 Å². The molecule has 3 saturated heterocycles. The standard InChI is InChI=1S/C25H31N3O6/c1-15-20-19(33-22(15)23(29)26-9-16-2-3-25(34-16)13-31-14-25)8-24(4-5-24)18-11-28(27-21(18)20)10-17-12-30-6-7-32-17/h11,16-17H,2-10,12-14H2,1H3,(H,26,29)/t16?,17-/m0/s1. The Morgan fingerprint density at radius 1 is 1.21 bits per heavy atom. The molecule has 9 heteroatoms. The van der Waals surface area contributed by atoms with E-state index in [0.29, 0.717) is 51.9 Å². The first-order valence-electron chi connectivity index (χ1n) is 12.5. The molecule has 34 heavy (non-hydrogen) atoms. The van der Waals surface area contributed by atoms with Crippen LogP contribution >= 0.6 is 0 Å². The molecular formula is C25H31N3O6. The molecule has 1 saturated carbocycles. The highest BCUT2D eigenvalue weighted by atomic mass is 16.6. The Hall–Kier alpha value is -2.20. The number of ether oxygens (including phenoxy) is 4. The van der Waals surface area contributed by atoms with Gasteiger partial charge in [0.25, 0.3) is 5.91 Å². The lowest BCUT2D eigenvalue weighted by molar-refractivity contribution is -0.199. The van der Waals surface area contributed by atoms with Crippen molar-refractivity contribution in [3.8, 4) is 11.3 Å². The lowest BCUT2D eigenvalue weighted by atomic mass is 9.82. The summed E-state index contributed by atoms with van der Waals surface area (Å²) in [7, 11) is 0. The van der Waals surface area contributed by atoms with E-state index in [-0.39, 0.29) is 29.1 Å². The Balaban J connectivity index is 1.11. The maximum absolute atomic E-state index is 13.1. The first-order valence-corrected chi connectivity index (χ1v) is 12.5. The van der Waals surface area contributed by atoms with Crippen molar-refractivity contribution in [1.29, 1.82) is 0 Å². The van der Waals surface area contributed by atoms with E-state index in [1.807, 2.05) is 11.6 Å². The number of fused-ring (bicyclic) bond motifs is 4. The van der Waals surface area contributed by atoms with Gasteiger partial charge < -0.3 is 28.7 Å². The number of nitrogens with zero attached hydrogens (tertiary/aromatic N) is 2. The first kappa shape index (κ1) is 21.1. The van der Waals surface area contributed by atoms with E-state index in [4.69, 9.17) is 28.5 Å². The van der Waals surface area contributed by atoms with Crippen LogP contribution in [-0.4, -0.2) is 73.1 Å². The molecule has 5 heterocycles. The molecule has 9 nitrogen and oxygen atoms in total. The van der Waals surface area contributed by atoms with Crippen LogP contribution in [0.5, 0.6) is 0 Å². The molecule has 2 aromatic heterocycles. The number of hydrogen-bond acceptors (Lipinski definition) is 7. The van der Waals surface area contributed by atoms with Gasteiger partial charge in [0.2, 0.25) is 0 Å². The number of rotatable bonds is 5. The minimum Gasteiger partial charge on any atom is -0.455 e. The zero-order valence-corrected chi connectivity index (χ0v) is 19.6. The van der Waals surface area contributed by atoms with E-state index in [1.165, 1.54) is 5.56 Å². The fraction of sp³-hybridized carbons (Fsp3) is 0.680. The largest absolute Gasteiger partial charge is 0.455 e. The normalized spacial score (nSPS) is 27.9. The lowest BCUT2D eigenvalue weighted by Gasteiger charge is -2.37. The van der Waals surface area contributed by atoms with E-state index < -0.39 is 0 Å². The fourth-order valence-electron chi connectivity index (χ4n) is 6.03. The highest BCUT2D eigenvalue weighted by Gasteiger charge is 2.52. The van der Waals surface area contributed by atoms with Crippen LogP contribution in [0, 0.1) is 6.92 Å². The van der Waals surface area contributed by atoms with Crippen LogP contribution in [0.2, 0.25) is 0 Å². The van der Waals surface area contributed by atoms with Gasteiger partial charge in [-0.2, -0.15) is 5.10 Å². The van der Waals surface area contributed by atoms with Gasteiger partial charge in [-0.05, 0) is 32.6 Å². The number of amides is 1. The van der Waals surface area contributed by atoms with Crippen LogP contribution in [0.1, 0.15) is 53.1 Å². The summed E-state index contributed by atoms with van der Waals surface area (Å²) < 4.78 is 31.0. The number of hydrogen-bond donors (Lipinski definition) is 1. The van der Waals surface area contributed by atoms with Crippen molar-refractivity contribution >= 4 is 5.91 Å². The minimum absolute atomic E-state index is 0.0138. The second-order valence-electron chi connectivity index (χ2n) is 10.7. The zero-order chi connectivity index (χ0) is 22.9. The first-order chi connectivity index (χ1) is 16.5. The predicted octanol–water partition coefficient (Wildman–Crippen LogP) is 2.13. The van der Waals surface area contributed by atoms with Crippen molar-refractivity contribution in [2.75, 3.05) is 39.6 Å². The maximum atomic E-state index is 13.1. The van der Waals surface area contributed by atoms with Gasteiger partial charge in [-0.25, -0.2) is 0 Å². The van der Waals surface area contributed by atoms with Crippen molar-refractivity contribution in [3.63, 3.8) is 0 Å². The Labute approximate surface area is 198 Å². The molecular weight excluding hydrogens is 438 g/mol. The maximum Gasteiger partial charge on any atom is 0.287 e. The van der Waals surface area contributed by atoms with E-state index in [9.17, 15) is 4.79 Å². The molecule has 182 valence electrons. The molecule has 7 rings (SSSR count). The molecule has 5 aliphatic rings. The molecule has 2 aromatic rings. The third-order valence-electron chi connectivity index (χ3n) is 8.18. The fourth-order valence-corrected chi connectivity index (χ4v) is 6.03. The second-order valence-corrected chi connectivity index (χ2v) is 10.7. The highest BCUT2D eigenvalue weighted by molar-refractivity contribution is 5.95. The van der Waals surface area contributed by atoms with Gasteiger partial charge in [0, 0.05) is 41.3 Å². The molecule has 2 aliphatic carbocycles. The molecule has 0 aromatic carbocycles. The predicted molar refractivity (Wildman–Crippen MR) is 120 cm³/mol. The summed E-state index contributed by atoms with van der Waals surface area (Å²) in [4.78, 5) is 13.1. The second kappa shape index (κ2) is 7.65. The summed E-state index contributed by atoms with van der Waals surface area (Å²) in [5.74, 6) is 1.10. The lowest BCUT2D eigenvalue weighted by Crippen LogP contribution is -2.50. The molecule has 0 radical (unpaired) electrons. The molecule has 2 atom stereocenters. The minimum atomic E-state index is -0.181. The van der Waals surface area contributed by atoms with Crippen molar-refractivity contribution in [2.24, 2.45) is 0 Å². The number of nitrogens with one attached hydrogen (secondary N) is 1. The SMILES string of the molecule is Cc1c(C(=O)NCC2CCC3(COC3)O2)oc2c1-c1nn(C[C@H]3COCCO3)cc1C1(CC1)C2. The molecule has 0 bridgehead atoms. The third-order valence-corrected chi connectivity index (χ3v) is 8.18. The Morgan fingerprint density at radius 2 is 2.09 bits per heavy atom. The van der Waals surface area contributed by atoms with Gasteiger partial charge in [0.15, 0.2) is 5.76 Å². The van der Waals surface area contributed by atoms with Crippen molar-refractivity contribution < 1.29 is 28.2 Å². The number of furan rings is 1. The molecule has 2 spiro atoms. The quantitative estimate of drug-likeness (QED) is 0.717. The van der Waals surface area contributed by atoms with Crippen molar-refractivity contribution in [3.05, 3.63) is 28.8 Å². The van der Waals surface area contributed by atoms with Crippen LogP contribution in [0.25, 0.3) is 11.3 Å². The van der Waals surface area contributed by atoms with Crippen molar-refractivity contribution in [1.82, 2.24) is 15.1 Å². The smallest absolute Gasteiger partial charge is 0.287 e. The van der Waals surface area contributed by atoms with E-state index >= 15 is 0 Å². The van der Waals surface area contributed by atoms with Crippen LogP contribution in [0.3, 0.4) is 0 Å². The van der Waals surface area contributed by atoms with Gasteiger partial charge in [0.1, 0.15) is 17.5 Å². The van der Waals surface area contributed by atoms with E-state index in [0.717, 1.165) is 54.7 Å². The number of carbonyl (C=O) groups is 1. The van der Waals surface area contributed by atoms with E-state index in [1.54, 1.807) is 0 Å². The molecule has 1 amide bonds. The van der Waals surface area contributed by atoms with Crippen molar-refractivity contribution in [2.45, 2.75) is 68.8 Å². The van der Waals surface area contributed by atoms with Gasteiger partial charge in [-0.3, -0.25) is 9.48 Å². The summed E-state index contributed by atoms with van der Waals surface area (Å²) >= 11 is 0. The average molecular weight is 470 g/mol. The summed E-state index contributed by atoms with van der Waals surface area (Å²) in [6.45, 7) is 6.32. The Bertz CT molecular complexity index is 1120. The van der Waals surface area contributed by atoms with Gasteiger partial charge in [-0.1, -0.05) is 0 Å². The monoisotopic (exact) mass is 469 g/mol. The van der Waals surface area contributed by atoms with Crippen LogP contribution in [0.15, 0.2) is 10.6 Å². The average Bonchev–Trinajstić information content (AvgIpc) is 3.13. The summed E-state index contributed by atoms with van der Waals surface area (Å²) in [5.41, 5.74) is 4.07. The summed E-state index contributed by atoms with van der Waals surface area (Å²) in [6, 6.07) is 0. The van der Waals surface area contributed by atoms with Gasteiger partial charge >= 0.3 is 0 Å². The highest BCUT2D eigenvalue weighted by Crippen LogP contribution is 2.58. The third kappa shape index (κ3) is 3.36. The molecule has 1 unspecified atom stereocenters. The molecule has 4 fully saturated rings. The molecule has 3 aliphatic heterocycles. The zero-order valence-electron chi connectivity index (χ0n) is 19.6. The Morgan fingerprint density at radius 3 is 2.79 bits per heavy atom. The van der Waals surface area contributed by atoms with Crippen LogP contribution in [0.4, 0.5) is 0 Å². The van der Waals surface area contributed by atoms with Gasteiger partial charge in [0.05, 0.1) is 51.4 Å². The summed E-state index contributed by atoms with van der Waals surface area (Å²) in [6.07, 6.45) is 7.23. The van der Waals surface area contributed by atoms with Crippen LogP contribution < -0.4 is 5.32 Å². The number of aromatic nitrogens is 2. The Kier molecular flexibility index (Phi) is 4.75. The van der Waals surface area contributed by atoms with E-state index in [2.05, 4.69) is 11.5 Å². The molecule has 1 N–H and O–H groups in total. The number of carbonyl (C=O) groups excluding carboxylic acids is 1. The van der Waals surface area contributed by atoms with Gasteiger partial charge in [-0.15, -0.1) is 0 Å². The summed E-state index contributed by atoms with van der Waals surface area (Å²) in [5, 5.41) is 8.00. The van der Waals surface area contributed by atoms with Crippen LogP contribution in [-0.2, 0) is 37.3 Å².